The van der Waals surface area contributed by atoms with Gasteiger partial charge in [-0.3, -0.25) is 4.90 Å². The molecule has 1 fully saturated rings. The zero-order chi connectivity index (χ0) is 13.8. The predicted octanol–water partition coefficient (Wildman–Crippen LogP) is 2.93. The van der Waals surface area contributed by atoms with Gasteiger partial charge in [-0.05, 0) is 57.5 Å². The lowest BCUT2D eigenvalue weighted by atomic mass is 9.90. The topological polar surface area (TPSA) is 15.3 Å². The molecule has 106 valence electrons. The molecule has 1 aliphatic carbocycles. The Morgan fingerprint density at radius 2 is 1.84 bits per heavy atom. The van der Waals surface area contributed by atoms with E-state index in [1.165, 1.54) is 25.0 Å². The second-order valence-corrected chi connectivity index (χ2v) is 5.46. The zero-order valence-corrected chi connectivity index (χ0v) is 11.6. The molecule has 0 unspecified atom stereocenters. The molecule has 1 aromatic carbocycles. The molecule has 0 spiro atoms. The van der Waals surface area contributed by atoms with Crippen LogP contribution in [0.1, 0.15) is 31.2 Å². The van der Waals surface area contributed by atoms with Gasteiger partial charge in [0.1, 0.15) is 0 Å². The van der Waals surface area contributed by atoms with Crippen molar-refractivity contribution >= 4 is 0 Å². The lowest BCUT2D eigenvalue weighted by Gasteiger charge is -2.34. The van der Waals surface area contributed by atoms with Crippen LogP contribution in [-0.2, 0) is 6.54 Å². The molecule has 2 rings (SSSR count). The van der Waals surface area contributed by atoms with Crippen molar-refractivity contribution in [2.75, 3.05) is 14.1 Å². The van der Waals surface area contributed by atoms with Crippen LogP contribution in [0, 0.1) is 11.6 Å². The number of nitrogens with zero attached hydrogens (tertiary/aromatic N) is 1. The maximum absolute atomic E-state index is 13.2. The third kappa shape index (κ3) is 3.74. The van der Waals surface area contributed by atoms with Gasteiger partial charge >= 0.3 is 0 Å². The Hall–Kier alpha value is -1.00. The molecule has 0 bridgehead atoms. The maximum Gasteiger partial charge on any atom is 0.159 e. The average Bonchev–Trinajstić information content (AvgIpc) is 2.43. The number of hydrogen-bond donors (Lipinski definition) is 1. The van der Waals surface area contributed by atoms with Gasteiger partial charge in [-0.2, -0.15) is 0 Å². The molecule has 0 saturated heterocycles. The van der Waals surface area contributed by atoms with Crippen LogP contribution in [0.15, 0.2) is 18.2 Å². The number of benzene rings is 1. The quantitative estimate of drug-likeness (QED) is 0.903. The van der Waals surface area contributed by atoms with E-state index in [1.807, 2.05) is 7.05 Å². The first-order valence-electron chi connectivity index (χ1n) is 6.91. The summed E-state index contributed by atoms with van der Waals surface area (Å²) in [6.07, 6.45) is 4.68. The van der Waals surface area contributed by atoms with Crippen LogP contribution in [0.5, 0.6) is 0 Å². The number of rotatable bonds is 4. The summed E-state index contributed by atoms with van der Waals surface area (Å²) in [5.41, 5.74) is 0.831. The van der Waals surface area contributed by atoms with Gasteiger partial charge in [0, 0.05) is 18.6 Å². The van der Waals surface area contributed by atoms with Crippen molar-refractivity contribution < 1.29 is 8.78 Å². The molecule has 0 aromatic heterocycles. The minimum Gasteiger partial charge on any atom is -0.317 e. The van der Waals surface area contributed by atoms with Crippen LogP contribution in [0.25, 0.3) is 0 Å². The summed E-state index contributed by atoms with van der Waals surface area (Å²) in [6, 6.07) is 5.33. The highest BCUT2D eigenvalue weighted by Gasteiger charge is 2.23. The van der Waals surface area contributed by atoms with Crippen LogP contribution in [0.3, 0.4) is 0 Å². The van der Waals surface area contributed by atoms with Crippen molar-refractivity contribution in [1.29, 1.82) is 0 Å². The van der Waals surface area contributed by atoms with Gasteiger partial charge in [0.15, 0.2) is 11.6 Å². The van der Waals surface area contributed by atoms with Crippen LogP contribution in [-0.4, -0.2) is 31.1 Å². The third-order valence-corrected chi connectivity index (χ3v) is 4.14. The number of hydrogen-bond acceptors (Lipinski definition) is 2. The summed E-state index contributed by atoms with van der Waals surface area (Å²) >= 11 is 0. The second-order valence-electron chi connectivity index (χ2n) is 5.46. The Bertz CT molecular complexity index is 415. The minimum absolute atomic E-state index is 0.540. The summed E-state index contributed by atoms with van der Waals surface area (Å²) in [6.45, 7) is 0.673. The fraction of sp³-hybridized carbons (Fsp3) is 0.600. The first-order chi connectivity index (χ1) is 9.10. The van der Waals surface area contributed by atoms with E-state index < -0.39 is 11.6 Å². The lowest BCUT2D eigenvalue weighted by molar-refractivity contribution is 0.170. The molecule has 0 heterocycles. The SMILES string of the molecule is CNC1CCC(N(C)Cc2ccc(F)c(F)c2)CC1. The van der Waals surface area contributed by atoms with E-state index in [-0.39, 0.29) is 0 Å². The van der Waals surface area contributed by atoms with Crippen LogP contribution >= 0.6 is 0 Å². The van der Waals surface area contributed by atoms with Crippen molar-refractivity contribution in [1.82, 2.24) is 10.2 Å². The molecule has 1 saturated carbocycles. The van der Waals surface area contributed by atoms with Gasteiger partial charge in [0.25, 0.3) is 0 Å². The van der Waals surface area contributed by atoms with E-state index in [1.54, 1.807) is 6.07 Å². The lowest BCUT2D eigenvalue weighted by Crippen LogP contribution is -2.39. The summed E-state index contributed by atoms with van der Waals surface area (Å²) in [5.74, 6) is -1.54. The highest BCUT2D eigenvalue weighted by atomic mass is 19.2. The van der Waals surface area contributed by atoms with Gasteiger partial charge in [0.05, 0.1) is 0 Å². The molecule has 0 radical (unpaired) electrons. The molecule has 2 nitrogen and oxygen atoms in total. The van der Waals surface area contributed by atoms with Crippen molar-refractivity contribution in [3.63, 3.8) is 0 Å². The largest absolute Gasteiger partial charge is 0.317 e. The molecular weight excluding hydrogens is 246 g/mol. The van der Waals surface area contributed by atoms with E-state index in [0.717, 1.165) is 18.4 Å². The van der Waals surface area contributed by atoms with Crippen molar-refractivity contribution in [3.8, 4) is 0 Å². The molecule has 0 aliphatic heterocycles. The Morgan fingerprint density at radius 3 is 2.42 bits per heavy atom. The van der Waals surface area contributed by atoms with Crippen molar-refractivity contribution in [2.24, 2.45) is 0 Å². The van der Waals surface area contributed by atoms with Crippen LogP contribution in [0.4, 0.5) is 8.78 Å². The van der Waals surface area contributed by atoms with E-state index in [0.29, 0.717) is 18.6 Å². The van der Waals surface area contributed by atoms with Gasteiger partial charge in [-0.15, -0.1) is 0 Å². The van der Waals surface area contributed by atoms with Crippen LogP contribution in [0.2, 0.25) is 0 Å². The Labute approximate surface area is 113 Å². The fourth-order valence-electron chi connectivity index (χ4n) is 2.86. The molecule has 1 aromatic rings. The van der Waals surface area contributed by atoms with Gasteiger partial charge in [-0.25, -0.2) is 8.78 Å². The zero-order valence-electron chi connectivity index (χ0n) is 11.6. The van der Waals surface area contributed by atoms with Gasteiger partial charge in [0.2, 0.25) is 0 Å². The Kier molecular flexibility index (Phi) is 4.88. The third-order valence-electron chi connectivity index (χ3n) is 4.14. The number of halogens is 2. The maximum atomic E-state index is 13.2. The molecule has 1 N–H and O–H groups in total. The second kappa shape index (κ2) is 6.44. The monoisotopic (exact) mass is 268 g/mol. The molecule has 1 aliphatic rings. The van der Waals surface area contributed by atoms with E-state index in [2.05, 4.69) is 17.3 Å². The fourth-order valence-corrected chi connectivity index (χ4v) is 2.86. The molecule has 0 atom stereocenters. The predicted molar refractivity (Wildman–Crippen MR) is 72.9 cm³/mol. The van der Waals surface area contributed by atoms with E-state index in [9.17, 15) is 8.78 Å². The van der Waals surface area contributed by atoms with Crippen LogP contribution < -0.4 is 5.32 Å². The summed E-state index contributed by atoms with van der Waals surface area (Å²) in [5, 5.41) is 3.32. The first-order valence-corrected chi connectivity index (χ1v) is 6.91. The molecule has 19 heavy (non-hydrogen) atoms. The summed E-state index contributed by atoms with van der Waals surface area (Å²) in [4.78, 5) is 2.25. The first kappa shape index (κ1) is 14.4. The van der Waals surface area contributed by atoms with E-state index in [4.69, 9.17) is 0 Å². The summed E-state index contributed by atoms with van der Waals surface area (Å²) < 4.78 is 26.0. The van der Waals surface area contributed by atoms with Gasteiger partial charge < -0.3 is 5.32 Å². The standard InChI is InChI=1S/C15H22F2N2/c1-18-12-4-6-13(7-5-12)19(2)10-11-3-8-14(16)15(17)9-11/h3,8-9,12-13,18H,4-7,10H2,1-2H3. The Morgan fingerprint density at radius 1 is 1.16 bits per heavy atom. The molecule has 4 heteroatoms. The van der Waals surface area contributed by atoms with Crippen molar-refractivity contribution in [2.45, 2.75) is 44.3 Å². The number of nitrogens with one attached hydrogen (secondary N) is 1. The Balaban J connectivity index is 1.90. The molecular formula is C15H22F2N2. The minimum atomic E-state index is -0.777. The molecule has 0 amide bonds. The summed E-state index contributed by atoms with van der Waals surface area (Å²) in [7, 11) is 4.07. The van der Waals surface area contributed by atoms with E-state index >= 15 is 0 Å². The normalized spacial score (nSPS) is 23.8. The van der Waals surface area contributed by atoms with Crippen molar-refractivity contribution in [3.05, 3.63) is 35.4 Å². The van der Waals surface area contributed by atoms with Gasteiger partial charge in [-0.1, -0.05) is 6.07 Å². The highest BCUT2D eigenvalue weighted by molar-refractivity contribution is 5.17. The average molecular weight is 268 g/mol. The smallest absolute Gasteiger partial charge is 0.159 e. The highest BCUT2D eigenvalue weighted by Crippen LogP contribution is 2.23.